The first-order valence-corrected chi connectivity index (χ1v) is 6.05. The number of halogens is 1. The van der Waals surface area contributed by atoms with Crippen LogP contribution in [0.4, 0.5) is 0 Å². The summed E-state index contributed by atoms with van der Waals surface area (Å²) in [5.41, 5.74) is 5.83. The lowest BCUT2D eigenvalue weighted by Gasteiger charge is -2.28. The number of rotatable bonds is 6. The summed E-state index contributed by atoms with van der Waals surface area (Å²) < 4.78 is 5.17. The Bertz CT molecular complexity index is 352. The van der Waals surface area contributed by atoms with Gasteiger partial charge in [0.25, 0.3) is 0 Å². The third-order valence-electron chi connectivity index (χ3n) is 2.64. The highest BCUT2D eigenvalue weighted by Crippen LogP contribution is 2.16. The number of hydrogen-bond donors (Lipinski definition) is 1. The normalized spacial score (nSPS) is 12.0. The minimum Gasteiger partial charge on any atom is -0.339 e. The average molecular weight is 277 g/mol. The molecule has 0 aliphatic carbocycles. The fraction of sp³-hybridized carbons (Fsp3) is 0.833. The van der Waals surface area contributed by atoms with E-state index in [-0.39, 0.29) is 23.7 Å². The van der Waals surface area contributed by atoms with E-state index in [2.05, 4.69) is 28.9 Å². The van der Waals surface area contributed by atoms with Crippen molar-refractivity contribution in [1.29, 1.82) is 0 Å². The Hall–Kier alpha value is -0.650. The van der Waals surface area contributed by atoms with Gasteiger partial charge in [0.05, 0.1) is 6.54 Å². The van der Waals surface area contributed by atoms with E-state index in [4.69, 9.17) is 10.3 Å². The van der Waals surface area contributed by atoms with Gasteiger partial charge in [-0.25, -0.2) is 0 Å². The topological polar surface area (TPSA) is 68.2 Å². The molecule has 1 aromatic rings. The van der Waals surface area contributed by atoms with E-state index in [1.807, 2.05) is 20.9 Å². The fourth-order valence-electron chi connectivity index (χ4n) is 1.66. The lowest BCUT2D eigenvalue weighted by molar-refractivity contribution is 0.204. The van der Waals surface area contributed by atoms with Gasteiger partial charge in [0, 0.05) is 12.5 Å². The molecule has 0 fully saturated rings. The van der Waals surface area contributed by atoms with Crippen molar-refractivity contribution in [3.63, 3.8) is 0 Å². The first-order valence-electron chi connectivity index (χ1n) is 6.05. The largest absolute Gasteiger partial charge is 0.339 e. The minimum absolute atomic E-state index is 0. The Morgan fingerprint density at radius 1 is 1.39 bits per heavy atom. The highest BCUT2D eigenvalue weighted by Gasteiger charge is 2.19. The zero-order valence-corrected chi connectivity index (χ0v) is 12.8. The van der Waals surface area contributed by atoms with Crippen LogP contribution in [-0.2, 0) is 6.54 Å². The molecule has 0 aromatic carbocycles. The van der Waals surface area contributed by atoms with Crippen molar-refractivity contribution >= 4 is 12.4 Å². The molecule has 0 spiro atoms. The lowest BCUT2D eigenvalue weighted by Crippen LogP contribution is -2.36. The van der Waals surface area contributed by atoms with E-state index in [0.717, 1.165) is 12.4 Å². The van der Waals surface area contributed by atoms with Gasteiger partial charge in [-0.15, -0.1) is 12.4 Å². The standard InChI is InChI=1S/C12H24N4O.ClH/c1-9(2)11-14-10(15-17-11)6-16(5)8-12(3,4)7-13;/h9H,6-8,13H2,1-5H3;1H. The van der Waals surface area contributed by atoms with Crippen molar-refractivity contribution in [1.82, 2.24) is 15.0 Å². The summed E-state index contributed by atoms with van der Waals surface area (Å²) in [4.78, 5) is 6.52. The molecule has 2 N–H and O–H groups in total. The Kier molecular flexibility index (Phi) is 6.81. The van der Waals surface area contributed by atoms with Gasteiger partial charge in [-0.2, -0.15) is 4.98 Å². The second kappa shape index (κ2) is 7.07. The fourth-order valence-corrected chi connectivity index (χ4v) is 1.66. The van der Waals surface area contributed by atoms with Crippen LogP contribution in [0.3, 0.4) is 0 Å². The summed E-state index contributed by atoms with van der Waals surface area (Å²) in [6, 6.07) is 0. The highest BCUT2D eigenvalue weighted by molar-refractivity contribution is 5.85. The lowest BCUT2D eigenvalue weighted by atomic mass is 9.93. The number of aromatic nitrogens is 2. The van der Waals surface area contributed by atoms with Crippen molar-refractivity contribution < 1.29 is 4.52 Å². The van der Waals surface area contributed by atoms with Gasteiger partial charge in [-0.1, -0.05) is 32.9 Å². The smallest absolute Gasteiger partial charge is 0.229 e. The molecule has 18 heavy (non-hydrogen) atoms. The maximum atomic E-state index is 5.72. The van der Waals surface area contributed by atoms with Crippen molar-refractivity contribution in [2.45, 2.75) is 40.2 Å². The van der Waals surface area contributed by atoms with E-state index in [0.29, 0.717) is 19.0 Å². The van der Waals surface area contributed by atoms with Crippen LogP contribution in [0.1, 0.15) is 45.3 Å². The van der Waals surface area contributed by atoms with E-state index in [1.54, 1.807) is 0 Å². The number of nitrogens with two attached hydrogens (primary N) is 1. The number of nitrogens with zero attached hydrogens (tertiary/aromatic N) is 3. The van der Waals surface area contributed by atoms with Gasteiger partial charge < -0.3 is 10.3 Å². The molecule has 0 aliphatic rings. The average Bonchev–Trinajstić information content (AvgIpc) is 2.65. The molecular weight excluding hydrogens is 252 g/mol. The predicted octanol–water partition coefficient (Wildman–Crippen LogP) is 2.03. The van der Waals surface area contributed by atoms with Gasteiger partial charge in [0.1, 0.15) is 0 Å². The van der Waals surface area contributed by atoms with Crippen molar-refractivity contribution in [3.05, 3.63) is 11.7 Å². The first kappa shape index (κ1) is 17.4. The second-order valence-electron chi connectivity index (χ2n) is 5.74. The molecule has 0 radical (unpaired) electrons. The molecule has 0 aliphatic heterocycles. The molecule has 5 nitrogen and oxygen atoms in total. The van der Waals surface area contributed by atoms with E-state index >= 15 is 0 Å². The number of hydrogen-bond acceptors (Lipinski definition) is 5. The van der Waals surface area contributed by atoms with Crippen LogP contribution < -0.4 is 5.73 Å². The highest BCUT2D eigenvalue weighted by atomic mass is 35.5. The quantitative estimate of drug-likeness (QED) is 0.861. The molecule has 0 atom stereocenters. The van der Waals surface area contributed by atoms with Crippen LogP contribution in [0.15, 0.2) is 4.52 Å². The minimum atomic E-state index is 0. The Morgan fingerprint density at radius 3 is 2.44 bits per heavy atom. The van der Waals surface area contributed by atoms with Crippen LogP contribution in [-0.4, -0.2) is 35.2 Å². The summed E-state index contributed by atoms with van der Waals surface area (Å²) in [7, 11) is 2.04. The summed E-state index contributed by atoms with van der Waals surface area (Å²) in [6.07, 6.45) is 0. The summed E-state index contributed by atoms with van der Waals surface area (Å²) >= 11 is 0. The SMILES string of the molecule is CC(C)c1nc(CN(C)CC(C)(C)CN)no1.Cl. The molecule has 1 rings (SSSR count). The molecule has 6 heteroatoms. The van der Waals surface area contributed by atoms with Gasteiger partial charge in [-0.05, 0) is 19.0 Å². The Balaban J connectivity index is 0.00000289. The zero-order chi connectivity index (χ0) is 13.1. The molecule has 0 amide bonds. The summed E-state index contributed by atoms with van der Waals surface area (Å²) in [5.74, 6) is 1.72. The van der Waals surface area contributed by atoms with Crippen LogP contribution in [0.2, 0.25) is 0 Å². The Labute approximate surface area is 116 Å². The van der Waals surface area contributed by atoms with Gasteiger partial charge >= 0.3 is 0 Å². The third-order valence-corrected chi connectivity index (χ3v) is 2.64. The third kappa shape index (κ3) is 5.33. The monoisotopic (exact) mass is 276 g/mol. The van der Waals surface area contributed by atoms with E-state index in [1.165, 1.54) is 0 Å². The molecule has 0 bridgehead atoms. The molecule has 0 saturated heterocycles. The van der Waals surface area contributed by atoms with Gasteiger partial charge in [0.15, 0.2) is 5.82 Å². The summed E-state index contributed by atoms with van der Waals surface area (Å²) in [5, 5.41) is 3.97. The van der Waals surface area contributed by atoms with E-state index in [9.17, 15) is 0 Å². The maximum absolute atomic E-state index is 5.72. The van der Waals surface area contributed by atoms with Gasteiger partial charge in [-0.3, -0.25) is 4.90 Å². The second-order valence-corrected chi connectivity index (χ2v) is 5.74. The van der Waals surface area contributed by atoms with E-state index < -0.39 is 0 Å². The molecule has 0 saturated carbocycles. The van der Waals surface area contributed by atoms with Crippen LogP contribution in [0.25, 0.3) is 0 Å². The molecule has 0 unspecified atom stereocenters. The molecular formula is C12H25ClN4O. The summed E-state index contributed by atoms with van der Waals surface area (Å²) in [6.45, 7) is 10.7. The van der Waals surface area contributed by atoms with Crippen molar-refractivity contribution in [3.8, 4) is 0 Å². The van der Waals surface area contributed by atoms with Gasteiger partial charge in [0.2, 0.25) is 5.89 Å². The molecule has 1 aromatic heterocycles. The van der Waals surface area contributed by atoms with Crippen molar-refractivity contribution in [2.75, 3.05) is 20.1 Å². The predicted molar refractivity (Wildman–Crippen MR) is 74.8 cm³/mol. The van der Waals surface area contributed by atoms with Crippen LogP contribution in [0.5, 0.6) is 0 Å². The maximum Gasteiger partial charge on any atom is 0.229 e. The molecule has 106 valence electrons. The zero-order valence-electron chi connectivity index (χ0n) is 11.9. The Morgan fingerprint density at radius 2 is 2.00 bits per heavy atom. The molecule has 1 heterocycles. The van der Waals surface area contributed by atoms with Crippen LogP contribution >= 0.6 is 12.4 Å². The van der Waals surface area contributed by atoms with Crippen LogP contribution in [0, 0.1) is 5.41 Å². The van der Waals surface area contributed by atoms with Crippen molar-refractivity contribution in [2.24, 2.45) is 11.1 Å². The first-order chi connectivity index (χ1) is 7.84.